The summed E-state index contributed by atoms with van der Waals surface area (Å²) >= 11 is 0. The molecule has 0 saturated carbocycles. The van der Waals surface area contributed by atoms with E-state index >= 15 is 0 Å². The van der Waals surface area contributed by atoms with Crippen molar-refractivity contribution in [2.45, 2.75) is 110 Å². The molecular weight excluding hydrogens is 520 g/mol. The Morgan fingerprint density at radius 3 is 0.949 bits per heavy atom. The largest absolute Gasteiger partial charge is 1.00 e. The van der Waals surface area contributed by atoms with Crippen LogP contribution in [0.1, 0.15) is 110 Å². The van der Waals surface area contributed by atoms with Gasteiger partial charge in [0.1, 0.15) is 26.2 Å². The summed E-state index contributed by atoms with van der Waals surface area (Å²) in [5.41, 5.74) is 0. The maximum atomic E-state index is 10.2. The maximum Gasteiger partial charge on any atom is 0.102 e. The second-order valence-corrected chi connectivity index (χ2v) is 11.7. The molecule has 0 aliphatic carbocycles. The molecule has 0 heterocycles. The first-order chi connectivity index (χ1) is 18.0. The lowest BCUT2D eigenvalue weighted by molar-refractivity contribution is -0.890. The average Bonchev–Trinajstić information content (AvgIpc) is 2.82. The van der Waals surface area contributed by atoms with Gasteiger partial charge in [-0.15, -0.1) is 0 Å². The highest BCUT2D eigenvalue weighted by molar-refractivity contribution is 5.64. The van der Waals surface area contributed by atoms with Gasteiger partial charge < -0.3 is 51.7 Å². The number of likely N-dealkylation sites (N-methyl/N-ethyl adjacent to an activating group) is 2. The van der Waals surface area contributed by atoms with E-state index in [4.69, 9.17) is 20.4 Å². The van der Waals surface area contributed by atoms with Crippen molar-refractivity contribution >= 4 is 5.97 Å². The van der Waals surface area contributed by atoms with Gasteiger partial charge in [-0.1, -0.05) is 96.8 Å². The topological polar surface area (TPSA) is 121 Å². The zero-order chi connectivity index (χ0) is 29.5. The van der Waals surface area contributed by atoms with E-state index in [1.807, 2.05) is 28.2 Å². The molecule has 0 rings (SSSR count). The van der Waals surface area contributed by atoms with E-state index in [1.165, 1.54) is 83.5 Å². The molecule has 0 fully saturated rings. The van der Waals surface area contributed by atoms with Crippen LogP contribution >= 0.6 is 0 Å². The Morgan fingerprint density at radius 2 is 0.744 bits per heavy atom. The number of unbranched alkanes of at least 4 members (excludes halogenated alkanes) is 14. The summed E-state index contributed by atoms with van der Waals surface area (Å²) in [5, 5.41) is 44.3. The molecule has 0 amide bonds. The summed E-state index contributed by atoms with van der Waals surface area (Å²) in [4.78, 5) is 10.2. The summed E-state index contributed by atoms with van der Waals surface area (Å²) in [7, 11) is 7.91. The number of rotatable bonds is 24. The van der Waals surface area contributed by atoms with Gasteiger partial charge in [0.05, 0.1) is 54.6 Å². The summed E-state index contributed by atoms with van der Waals surface area (Å²) < 4.78 is 1.38. The first-order valence-electron chi connectivity index (χ1n) is 15.3. The van der Waals surface area contributed by atoms with Gasteiger partial charge in [-0.25, -0.2) is 0 Å². The Balaban J connectivity index is -0.000000268. The molecule has 0 aromatic carbocycles. The molecule has 0 aliphatic rings. The molecule has 0 radical (unpaired) electrons. The number of aliphatic carboxylic acids is 1. The smallest absolute Gasteiger partial charge is 0.102 e. The zero-order valence-corrected chi connectivity index (χ0v) is 27.1. The molecule has 0 saturated heterocycles. The molecular formula is C30H67ClN2O6. The van der Waals surface area contributed by atoms with Crippen LogP contribution in [0.3, 0.4) is 0 Å². The Labute approximate surface area is 248 Å². The second-order valence-electron chi connectivity index (χ2n) is 11.7. The number of aliphatic hydroxyl groups excluding tert-OH is 4. The zero-order valence-electron chi connectivity index (χ0n) is 26.3. The van der Waals surface area contributed by atoms with E-state index in [0.29, 0.717) is 35.1 Å². The molecule has 0 aromatic rings. The third kappa shape index (κ3) is 44.8. The van der Waals surface area contributed by atoms with Crippen LogP contribution in [0.4, 0.5) is 0 Å². The highest BCUT2D eigenvalue weighted by Crippen LogP contribution is 2.13. The van der Waals surface area contributed by atoms with Gasteiger partial charge in [0, 0.05) is 5.97 Å². The number of carbonyl (C=O) groups excluding carboxylic acids is 1. The van der Waals surface area contributed by atoms with Crippen LogP contribution in [0.15, 0.2) is 0 Å². The van der Waals surface area contributed by atoms with Crippen LogP contribution in [0, 0.1) is 0 Å². The molecule has 8 nitrogen and oxygen atoms in total. The van der Waals surface area contributed by atoms with Gasteiger partial charge in [-0.05, 0) is 12.8 Å². The lowest BCUT2D eigenvalue weighted by atomic mass is 10.0. The van der Waals surface area contributed by atoms with E-state index in [2.05, 4.69) is 6.92 Å². The van der Waals surface area contributed by atoms with Gasteiger partial charge >= 0.3 is 0 Å². The van der Waals surface area contributed by atoms with E-state index in [9.17, 15) is 9.90 Å². The van der Waals surface area contributed by atoms with Crippen molar-refractivity contribution in [3.63, 3.8) is 0 Å². The molecule has 0 aromatic heterocycles. The van der Waals surface area contributed by atoms with Gasteiger partial charge in [0.15, 0.2) is 0 Å². The Kier molecular flexibility index (Phi) is 39.4. The SMILES string of the molecule is CCCCCCCCCCCCCCCCCC(=O)[O-].C[N+](C)(CCO)CCO.C[N+](C)(CCO)CCO.[Cl-]. The quantitative estimate of drug-likeness (QED) is 0.0940. The maximum absolute atomic E-state index is 10.2. The van der Waals surface area contributed by atoms with Crippen LogP contribution in [-0.2, 0) is 4.79 Å². The average molecular weight is 587 g/mol. The van der Waals surface area contributed by atoms with Crippen molar-refractivity contribution in [3.8, 4) is 0 Å². The van der Waals surface area contributed by atoms with Gasteiger partial charge in [-0.2, -0.15) is 0 Å². The fraction of sp³-hybridized carbons (Fsp3) is 0.967. The standard InChI is InChI=1S/C18H36O2.2C6H16NO2.ClH/c1-2-3-4-5-6-7-8-9-10-11-12-13-14-15-16-17-18(19)20;2*1-7(2,3-5-8)4-6-9;/h2-17H2,1H3,(H,19,20);2*8-9H,3-6H2,1-2H3;1H/q;2*+1;/p-2. The molecule has 0 unspecified atom stereocenters. The Bertz CT molecular complexity index is 446. The number of quaternary nitrogens is 2. The van der Waals surface area contributed by atoms with Crippen molar-refractivity contribution < 1.29 is 51.7 Å². The Hall–Kier alpha value is -0.480. The lowest BCUT2D eigenvalue weighted by Crippen LogP contribution is -3.00. The van der Waals surface area contributed by atoms with Crippen molar-refractivity contribution in [2.75, 3.05) is 80.8 Å². The lowest BCUT2D eigenvalue weighted by Gasteiger charge is -2.27. The first-order valence-corrected chi connectivity index (χ1v) is 15.3. The number of hydrogen-bond donors (Lipinski definition) is 4. The normalized spacial score (nSPS) is 11.1. The van der Waals surface area contributed by atoms with E-state index in [1.54, 1.807) is 0 Å². The molecule has 39 heavy (non-hydrogen) atoms. The van der Waals surface area contributed by atoms with Crippen LogP contribution < -0.4 is 17.5 Å². The van der Waals surface area contributed by atoms with Gasteiger partial charge in [0.25, 0.3) is 0 Å². The number of carbonyl (C=O) groups is 1. The number of carboxylic acids is 1. The van der Waals surface area contributed by atoms with E-state index in [0.717, 1.165) is 12.8 Å². The predicted molar refractivity (Wildman–Crippen MR) is 157 cm³/mol. The number of nitrogens with zero attached hydrogens (tertiary/aromatic N) is 2. The monoisotopic (exact) mass is 586 g/mol. The van der Waals surface area contributed by atoms with E-state index < -0.39 is 5.97 Å². The molecule has 0 bridgehead atoms. The molecule has 9 heteroatoms. The number of carboxylic acid groups (broad SMARTS) is 1. The third-order valence-electron chi connectivity index (χ3n) is 6.81. The highest BCUT2D eigenvalue weighted by atomic mass is 35.5. The second kappa shape index (κ2) is 33.7. The van der Waals surface area contributed by atoms with Crippen LogP contribution in [0.5, 0.6) is 0 Å². The molecule has 240 valence electrons. The van der Waals surface area contributed by atoms with Crippen LogP contribution in [0.2, 0.25) is 0 Å². The minimum absolute atomic E-state index is 0. The summed E-state index contributed by atoms with van der Waals surface area (Å²) in [6, 6.07) is 0. The van der Waals surface area contributed by atoms with Crippen LogP contribution in [0.25, 0.3) is 0 Å². The molecule has 4 N–H and O–H groups in total. The first kappa shape index (κ1) is 45.5. The predicted octanol–water partition coefficient (Wildman–Crippen LogP) is 0.0966. The minimum atomic E-state index is -0.903. The summed E-state index contributed by atoms with van der Waals surface area (Å²) in [6.45, 7) is 5.85. The summed E-state index contributed by atoms with van der Waals surface area (Å²) in [6.07, 6.45) is 19.9. The van der Waals surface area contributed by atoms with Gasteiger partial charge in [0.2, 0.25) is 0 Å². The third-order valence-corrected chi connectivity index (χ3v) is 6.81. The van der Waals surface area contributed by atoms with E-state index in [-0.39, 0.29) is 45.3 Å². The number of halogens is 1. The van der Waals surface area contributed by atoms with Crippen molar-refractivity contribution in [2.24, 2.45) is 0 Å². The number of aliphatic hydroxyl groups is 4. The van der Waals surface area contributed by atoms with Crippen molar-refractivity contribution in [1.29, 1.82) is 0 Å². The summed E-state index contributed by atoms with van der Waals surface area (Å²) in [5.74, 6) is -0.903. The minimum Gasteiger partial charge on any atom is -1.00 e. The van der Waals surface area contributed by atoms with Crippen molar-refractivity contribution in [3.05, 3.63) is 0 Å². The molecule has 0 aliphatic heterocycles. The highest BCUT2D eigenvalue weighted by Gasteiger charge is 2.12. The molecule has 0 atom stereocenters. The van der Waals surface area contributed by atoms with Crippen LogP contribution in [-0.4, -0.2) is 116 Å². The molecule has 0 spiro atoms. The fourth-order valence-corrected chi connectivity index (χ4v) is 3.95. The fourth-order valence-electron chi connectivity index (χ4n) is 3.95. The number of hydrogen-bond acceptors (Lipinski definition) is 6. The Morgan fingerprint density at radius 1 is 0.513 bits per heavy atom. The van der Waals surface area contributed by atoms with Gasteiger partial charge in [-0.3, -0.25) is 0 Å². The van der Waals surface area contributed by atoms with Crippen molar-refractivity contribution in [1.82, 2.24) is 0 Å².